The van der Waals surface area contributed by atoms with Gasteiger partial charge in [0, 0.05) is 31.8 Å². The van der Waals surface area contributed by atoms with E-state index >= 15 is 0 Å². The van der Waals surface area contributed by atoms with Crippen molar-refractivity contribution < 1.29 is 4.92 Å². The Bertz CT molecular complexity index is 721. The van der Waals surface area contributed by atoms with E-state index in [1.807, 2.05) is 18.2 Å². The number of non-ortho nitro benzene ring substituents is 1. The quantitative estimate of drug-likeness (QED) is 0.626. The van der Waals surface area contributed by atoms with Gasteiger partial charge in [-0.1, -0.05) is 35.9 Å². The maximum absolute atomic E-state index is 10.8. The summed E-state index contributed by atoms with van der Waals surface area (Å²) >= 11 is 0. The zero-order valence-electron chi connectivity index (χ0n) is 13.2. The highest BCUT2D eigenvalue weighted by Gasteiger charge is 2.18. The number of rotatable bonds is 4. The molecule has 0 radical (unpaired) electrons. The van der Waals surface area contributed by atoms with E-state index in [-0.39, 0.29) is 10.6 Å². The summed E-state index contributed by atoms with van der Waals surface area (Å²) in [6, 6.07) is 17.4. The van der Waals surface area contributed by atoms with Gasteiger partial charge in [0.05, 0.1) is 4.92 Å². The minimum atomic E-state index is -0.354. The molecule has 23 heavy (non-hydrogen) atoms. The summed E-state index contributed by atoms with van der Waals surface area (Å²) in [4.78, 5) is 12.9. The standard InChI is InChI=1S/C19H20N2O2/c1-15-11-12-20(13-16-5-3-2-4-6-16)14-19(15)17-7-9-18(10-8-17)21(22)23/h2-10H,11-14H2,1H3. The van der Waals surface area contributed by atoms with E-state index in [9.17, 15) is 10.1 Å². The van der Waals surface area contributed by atoms with E-state index in [0.29, 0.717) is 0 Å². The fourth-order valence-electron chi connectivity index (χ4n) is 3.01. The molecule has 0 atom stereocenters. The van der Waals surface area contributed by atoms with E-state index < -0.39 is 0 Å². The summed E-state index contributed by atoms with van der Waals surface area (Å²) in [5, 5.41) is 10.8. The van der Waals surface area contributed by atoms with Crippen LogP contribution in [0.2, 0.25) is 0 Å². The van der Waals surface area contributed by atoms with Crippen LogP contribution in [-0.4, -0.2) is 22.9 Å². The molecule has 0 bridgehead atoms. The van der Waals surface area contributed by atoms with Crippen molar-refractivity contribution in [2.75, 3.05) is 13.1 Å². The molecule has 4 nitrogen and oxygen atoms in total. The van der Waals surface area contributed by atoms with Gasteiger partial charge in [0.1, 0.15) is 0 Å². The SMILES string of the molecule is CC1=C(c2ccc([N+](=O)[O-])cc2)CN(Cc2ccccc2)CC1. The molecule has 0 saturated heterocycles. The lowest BCUT2D eigenvalue weighted by Crippen LogP contribution is -2.30. The average Bonchev–Trinajstić information content (AvgIpc) is 2.58. The van der Waals surface area contributed by atoms with Crippen LogP contribution < -0.4 is 0 Å². The number of nitro groups is 1. The first kappa shape index (κ1) is 15.4. The molecular weight excluding hydrogens is 288 g/mol. The molecule has 0 aliphatic carbocycles. The first-order valence-corrected chi connectivity index (χ1v) is 7.83. The molecule has 0 amide bonds. The smallest absolute Gasteiger partial charge is 0.269 e. The lowest BCUT2D eigenvalue weighted by atomic mass is 9.94. The van der Waals surface area contributed by atoms with Crippen molar-refractivity contribution in [3.8, 4) is 0 Å². The summed E-state index contributed by atoms with van der Waals surface area (Å²) in [5.41, 5.74) is 5.22. The molecular formula is C19H20N2O2. The summed E-state index contributed by atoms with van der Waals surface area (Å²) < 4.78 is 0. The Hall–Kier alpha value is -2.46. The minimum absolute atomic E-state index is 0.143. The van der Waals surface area contributed by atoms with Crippen LogP contribution in [0.1, 0.15) is 24.5 Å². The number of hydrogen-bond donors (Lipinski definition) is 0. The van der Waals surface area contributed by atoms with E-state index in [0.717, 1.165) is 31.6 Å². The van der Waals surface area contributed by atoms with Gasteiger partial charge in [-0.25, -0.2) is 0 Å². The Kier molecular flexibility index (Phi) is 4.53. The zero-order chi connectivity index (χ0) is 16.2. The first-order chi connectivity index (χ1) is 11.1. The lowest BCUT2D eigenvalue weighted by Gasteiger charge is -2.30. The highest BCUT2D eigenvalue weighted by Crippen LogP contribution is 2.28. The summed E-state index contributed by atoms with van der Waals surface area (Å²) in [6.07, 6.45) is 1.04. The van der Waals surface area contributed by atoms with Gasteiger partial charge in [0.15, 0.2) is 0 Å². The zero-order valence-corrected chi connectivity index (χ0v) is 13.2. The second kappa shape index (κ2) is 6.75. The van der Waals surface area contributed by atoms with Crippen molar-refractivity contribution in [2.24, 2.45) is 0 Å². The molecule has 1 aliphatic heterocycles. The Labute approximate surface area is 136 Å². The number of benzene rings is 2. The predicted molar refractivity (Wildman–Crippen MR) is 92.0 cm³/mol. The summed E-state index contributed by atoms with van der Waals surface area (Å²) in [6.45, 7) is 5.04. The second-order valence-corrected chi connectivity index (χ2v) is 6.01. The van der Waals surface area contributed by atoms with Gasteiger partial charge in [-0.15, -0.1) is 0 Å². The van der Waals surface area contributed by atoms with Crippen LogP contribution in [-0.2, 0) is 6.54 Å². The molecule has 3 rings (SSSR count). The van der Waals surface area contributed by atoms with Crippen LogP contribution in [0.4, 0.5) is 5.69 Å². The normalized spacial score (nSPS) is 15.7. The van der Waals surface area contributed by atoms with E-state index in [1.54, 1.807) is 12.1 Å². The molecule has 0 fully saturated rings. The summed E-state index contributed by atoms with van der Waals surface area (Å²) in [7, 11) is 0. The van der Waals surface area contributed by atoms with Gasteiger partial charge in [0.2, 0.25) is 0 Å². The van der Waals surface area contributed by atoms with Crippen molar-refractivity contribution in [2.45, 2.75) is 19.9 Å². The molecule has 4 heteroatoms. The van der Waals surface area contributed by atoms with Crippen molar-refractivity contribution in [1.82, 2.24) is 4.90 Å². The largest absolute Gasteiger partial charge is 0.294 e. The van der Waals surface area contributed by atoms with E-state index in [2.05, 4.69) is 36.1 Å². The molecule has 118 valence electrons. The molecule has 0 saturated carbocycles. The van der Waals surface area contributed by atoms with Gasteiger partial charge in [-0.2, -0.15) is 0 Å². The molecule has 1 heterocycles. The number of nitrogens with zero attached hydrogens (tertiary/aromatic N) is 2. The van der Waals surface area contributed by atoms with Crippen LogP contribution in [0, 0.1) is 10.1 Å². The Balaban J connectivity index is 1.77. The molecule has 0 aromatic heterocycles. The van der Waals surface area contributed by atoms with Gasteiger partial charge >= 0.3 is 0 Å². The highest BCUT2D eigenvalue weighted by atomic mass is 16.6. The van der Waals surface area contributed by atoms with Crippen molar-refractivity contribution in [3.05, 3.63) is 81.4 Å². The Morgan fingerprint density at radius 2 is 1.78 bits per heavy atom. The average molecular weight is 308 g/mol. The third kappa shape index (κ3) is 3.66. The van der Waals surface area contributed by atoms with Crippen LogP contribution in [0.5, 0.6) is 0 Å². The number of hydrogen-bond acceptors (Lipinski definition) is 3. The molecule has 0 unspecified atom stereocenters. The van der Waals surface area contributed by atoms with Crippen LogP contribution in [0.15, 0.2) is 60.2 Å². The van der Waals surface area contributed by atoms with Crippen molar-refractivity contribution >= 4 is 11.3 Å². The maximum atomic E-state index is 10.8. The monoisotopic (exact) mass is 308 g/mol. The number of nitro benzene ring substituents is 1. The molecule has 2 aromatic carbocycles. The molecule has 2 aromatic rings. The van der Waals surface area contributed by atoms with Crippen molar-refractivity contribution in [3.63, 3.8) is 0 Å². The van der Waals surface area contributed by atoms with E-state index in [1.165, 1.54) is 16.7 Å². The Morgan fingerprint density at radius 3 is 2.43 bits per heavy atom. The second-order valence-electron chi connectivity index (χ2n) is 6.01. The minimum Gasteiger partial charge on any atom is -0.294 e. The maximum Gasteiger partial charge on any atom is 0.269 e. The van der Waals surface area contributed by atoms with Gasteiger partial charge in [-0.3, -0.25) is 15.0 Å². The molecule has 0 spiro atoms. The highest BCUT2D eigenvalue weighted by molar-refractivity contribution is 5.71. The fourth-order valence-corrected chi connectivity index (χ4v) is 3.01. The molecule has 1 aliphatic rings. The third-order valence-corrected chi connectivity index (χ3v) is 4.38. The third-order valence-electron chi connectivity index (χ3n) is 4.38. The summed E-state index contributed by atoms with van der Waals surface area (Å²) in [5.74, 6) is 0. The lowest BCUT2D eigenvalue weighted by molar-refractivity contribution is -0.384. The Morgan fingerprint density at radius 1 is 1.09 bits per heavy atom. The van der Waals surface area contributed by atoms with Crippen molar-refractivity contribution in [1.29, 1.82) is 0 Å². The van der Waals surface area contributed by atoms with Crippen LogP contribution in [0.25, 0.3) is 5.57 Å². The fraction of sp³-hybridized carbons (Fsp3) is 0.263. The van der Waals surface area contributed by atoms with Gasteiger partial charge < -0.3 is 0 Å². The van der Waals surface area contributed by atoms with Crippen LogP contribution >= 0.6 is 0 Å². The molecule has 0 N–H and O–H groups in total. The first-order valence-electron chi connectivity index (χ1n) is 7.83. The van der Waals surface area contributed by atoms with Crippen LogP contribution in [0.3, 0.4) is 0 Å². The van der Waals surface area contributed by atoms with E-state index in [4.69, 9.17) is 0 Å². The predicted octanol–water partition coefficient (Wildman–Crippen LogP) is 4.27. The van der Waals surface area contributed by atoms with Gasteiger partial charge in [0.25, 0.3) is 5.69 Å². The van der Waals surface area contributed by atoms with Gasteiger partial charge in [-0.05, 0) is 42.2 Å². The topological polar surface area (TPSA) is 46.4 Å².